The Morgan fingerprint density at radius 2 is 2.04 bits per heavy atom. The molecular weight excluding hydrogens is 292 g/mol. The summed E-state index contributed by atoms with van der Waals surface area (Å²) < 4.78 is 7.24. The van der Waals surface area contributed by atoms with Crippen molar-refractivity contribution in [3.05, 3.63) is 47.3 Å². The van der Waals surface area contributed by atoms with E-state index in [0.717, 1.165) is 30.2 Å². The van der Waals surface area contributed by atoms with Gasteiger partial charge in [0.15, 0.2) is 0 Å². The molecule has 2 atom stereocenters. The van der Waals surface area contributed by atoms with Gasteiger partial charge in [-0.25, -0.2) is 4.68 Å². The van der Waals surface area contributed by atoms with Crippen LogP contribution in [-0.2, 0) is 4.74 Å². The molecule has 122 valence electrons. The minimum Gasteiger partial charge on any atom is -0.378 e. The van der Waals surface area contributed by atoms with E-state index in [1.807, 2.05) is 48.9 Å². The first-order chi connectivity index (χ1) is 11.1. The Bertz CT molecular complexity index is 693. The second kappa shape index (κ2) is 6.52. The van der Waals surface area contributed by atoms with Crippen molar-refractivity contribution in [3.63, 3.8) is 0 Å². The molecule has 0 aliphatic carbocycles. The molecule has 6 heteroatoms. The number of methoxy groups -OCH3 is 1. The molecule has 1 aromatic carbocycles. The second-order valence-electron chi connectivity index (χ2n) is 5.90. The molecule has 23 heavy (non-hydrogen) atoms. The lowest BCUT2D eigenvalue weighted by Crippen LogP contribution is -2.43. The number of carbonyl (C=O) groups excluding carboxylic acids is 1. The number of aromatic nitrogens is 2. The van der Waals surface area contributed by atoms with Crippen molar-refractivity contribution in [1.29, 1.82) is 0 Å². The summed E-state index contributed by atoms with van der Waals surface area (Å²) in [6.07, 6.45) is 0.0212. The summed E-state index contributed by atoms with van der Waals surface area (Å²) in [5, 5.41) is 10.7. The van der Waals surface area contributed by atoms with E-state index in [9.17, 15) is 4.79 Å². The number of amides is 1. The molecule has 2 heterocycles. The van der Waals surface area contributed by atoms with Gasteiger partial charge in [0.05, 0.1) is 23.5 Å². The monoisotopic (exact) mass is 314 g/mol. The number of hydrogen-bond acceptors (Lipinski definition) is 4. The zero-order valence-electron chi connectivity index (χ0n) is 13.7. The Balaban J connectivity index is 1.72. The van der Waals surface area contributed by atoms with E-state index in [1.165, 1.54) is 0 Å². The highest BCUT2D eigenvalue weighted by Crippen LogP contribution is 2.13. The lowest BCUT2D eigenvalue weighted by Gasteiger charge is -2.18. The molecule has 0 spiro atoms. The normalized spacial score (nSPS) is 20.7. The number of benzene rings is 1. The summed E-state index contributed by atoms with van der Waals surface area (Å²) in [7, 11) is 1.67. The van der Waals surface area contributed by atoms with E-state index < -0.39 is 0 Å². The summed E-state index contributed by atoms with van der Waals surface area (Å²) in [5.41, 5.74) is 3.63. The molecule has 0 bridgehead atoms. The molecule has 1 fully saturated rings. The predicted octanol–water partition coefficient (Wildman–Crippen LogP) is 1.21. The average molecular weight is 314 g/mol. The zero-order chi connectivity index (χ0) is 16.4. The largest absolute Gasteiger partial charge is 0.378 e. The first kappa shape index (κ1) is 15.7. The van der Waals surface area contributed by atoms with Gasteiger partial charge in [-0.1, -0.05) is 0 Å². The maximum Gasteiger partial charge on any atom is 0.251 e. The smallest absolute Gasteiger partial charge is 0.251 e. The second-order valence-corrected chi connectivity index (χ2v) is 5.90. The molecule has 2 N–H and O–H groups in total. The predicted molar refractivity (Wildman–Crippen MR) is 88.0 cm³/mol. The highest BCUT2D eigenvalue weighted by molar-refractivity contribution is 5.94. The number of nitrogens with one attached hydrogen (secondary N) is 2. The van der Waals surface area contributed by atoms with Crippen molar-refractivity contribution >= 4 is 5.91 Å². The minimum absolute atomic E-state index is 0.00295. The number of ether oxygens (including phenoxy) is 1. The van der Waals surface area contributed by atoms with Crippen LogP contribution in [-0.4, -0.2) is 48.0 Å². The highest BCUT2D eigenvalue weighted by atomic mass is 16.5. The van der Waals surface area contributed by atoms with Gasteiger partial charge in [0.2, 0.25) is 0 Å². The van der Waals surface area contributed by atoms with Gasteiger partial charge in [-0.3, -0.25) is 4.79 Å². The van der Waals surface area contributed by atoms with E-state index in [1.54, 1.807) is 7.11 Å². The van der Waals surface area contributed by atoms with E-state index in [2.05, 4.69) is 15.7 Å². The van der Waals surface area contributed by atoms with E-state index >= 15 is 0 Å². The van der Waals surface area contributed by atoms with Crippen LogP contribution in [0.5, 0.6) is 0 Å². The van der Waals surface area contributed by atoms with E-state index in [0.29, 0.717) is 5.56 Å². The van der Waals surface area contributed by atoms with Crippen molar-refractivity contribution in [2.45, 2.75) is 26.0 Å². The average Bonchev–Trinajstić information content (AvgIpc) is 3.13. The Morgan fingerprint density at radius 3 is 2.65 bits per heavy atom. The molecule has 1 aliphatic rings. The summed E-state index contributed by atoms with van der Waals surface area (Å²) in [4.78, 5) is 12.4. The lowest BCUT2D eigenvalue weighted by atomic mass is 10.1. The van der Waals surface area contributed by atoms with Crippen LogP contribution >= 0.6 is 0 Å². The quantitative estimate of drug-likeness (QED) is 0.890. The summed E-state index contributed by atoms with van der Waals surface area (Å²) in [5.74, 6) is -0.0827. The third-order valence-electron chi connectivity index (χ3n) is 4.16. The van der Waals surface area contributed by atoms with Crippen molar-refractivity contribution in [2.24, 2.45) is 0 Å². The Hall–Kier alpha value is -2.18. The van der Waals surface area contributed by atoms with Crippen molar-refractivity contribution in [3.8, 4) is 5.69 Å². The van der Waals surface area contributed by atoms with Gasteiger partial charge < -0.3 is 15.4 Å². The summed E-state index contributed by atoms with van der Waals surface area (Å²) in [6, 6.07) is 9.50. The van der Waals surface area contributed by atoms with Gasteiger partial charge in [0.25, 0.3) is 5.91 Å². The topological polar surface area (TPSA) is 68.2 Å². The van der Waals surface area contributed by atoms with Gasteiger partial charge >= 0.3 is 0 Å². The van der Waals surface area contributed by atoms with Crippen molar-refractivity contribution in [2.75, 3.05) is 20.2 Å². The Labute approximate surface area is 135 Å². The molecular formula is C17H22N4O2. The first-order valence-electron chi connectivity index (χ1n) is 7.76. The molecule has 0 saturated carbocycles. The fourth-order valence-corrected chi connectivity index (χ4v) is 2.94. The molecule has 2 aromatic rings. The van der Waals surface area contributed by atoms with Crippen LogP contribution in [0.3, 0.4) is 0 Å². The van der Waals surface area contributed by atoms with Gasteiger partial charge in [-0.05, 0) is 44.2 Å². The van der Waals surface area contributed by atoms with Crippen LogP contribution < -0.4 is 10.6 Å². The fourth-order valence-electron chi connectivity index (χ4n) is 2.94. The number of rotatable bonds is 4. The van der Waals surface area contributed by atoms with Crippen LogP contribution in [0.15, 0.2) is 30.3 Å². The van der Waals surface area contributed by atoms with Gasteiger partial charge in [-0.15, -0.1) is 0 Å². The third-order valence-corrected chi connectivity index (χ3v) is 4.16. The first-order valence-corrected chi connectivity index (χ1v) is 7.76. The van der Waals surface area contributed by atoms with Crippen molar-refractivity contribution < 1.29 is 9.53 Å². The summed E-state index contributed by atoms with van der Waals surface area (Å²) >= 11 is 0. The zero-order valence-corrected chi connectivity index (χ0v) is 13.7. The van der Waals surface area contributed by atoms with Gasteiger partial charge in [0, 0.05) is 31.5 Å². The maximum atomic E-state index is 12.4. The maximum absolute atomic E-state index is 12.4. The lowest BCUT2D eigenvalue weighted by molar-refractivity contribution is 0.0780. The molecule has 1 aliphatic heterocycles. The molecule has 3 rings (SSSR count). The molecule has 0 radical (unpaired) electrons. The van der Waals surface area contributed by atoms with E-state index in [-0.39, 0.29) is 18.1 Å². The van der Waals surface area contributed by atoms with Crippen LogP contribution in [0.1, 0.15) is 21.7 Å². The van der Waals surface area contributed by atoms with Crippen LogP contribution in [0.25, 0.3) is 5.69 Å². The third kappa shape index (κ3) is 3.28. The number of hydrogen-bond donors (Lipinski definition) is 2. The van der Waals surface area contributed by atoms with Gasteiger partial charge in [0.1, 0.15) is 0 Å². The van der Waals surface area contributed by atoms with Crippen LogP contribution in [0, 0.1) is 13.8 Å². The molecule has 6 nitrogen and oxygen atoms in total. The Morgan fingerprint density at radius 1 is 1.30 bits per heavy atom. The molecule has 0 unspecified atom stereocenters. The highest BCUT2D eigenvalue weighted by Gasteiger charge is 2.28. The van der Waals surface area contributed by atoms with Gasteiger partial charge in [-0.2, -0.15) is 5.10 Å². The van der Waals surface area contributed by atoms with Crippen LogP contribution in [0.2, 0.25) is 0 Å². The Kier molecular flexibility index (Phi) is 4.45. The molecule has 1 amide bonds. The standard InChI is InChI=1S/C17H22N4O2/c1-11-8-12(2)21(20-11)14-6-4-13(5-7-14)17(22)19-15-9-18-10-16(15)23-3/h4-8,15-16,18H,9-10H2,1-3H3,(H,19,22)/t15-,16+/m1/s1. The SMILES string of the molecule is CO[C@H]1CNC[C@H]1NC(=O)c1ccc(-n2nc(C)cc2C)cc1. The van der Waals surface area contributed by atoms with E-state index in [4.69, 9.17) is 4.74 Å². The minimum atomic E-state index is -0.0827. The van der Waals surface area contributed by atoms with Crippen molar-refractivity contribution in [1.82, 2.24) is 20.4 Å². The molecule has 1 aromatic heterocycles. The van der Waals surface area contributed by atoms with Crippen LogP contribution in [0.4, 0.5) is 0 Å². The summed E-state index contributed by atoms with van der Waals surface area (Å²) in [6.45, 7) is 5.47. The molecule has 1 saturated heterocycles. The fraction of sp³-hybridized carbons (Fsp3) is 0.412. The number of carbonyl (C=O) groups is 1. The number of aryl methyl sites for hydroxylation is 2. The number of nitrogens with zero attached hydrogens (tertiary/aromatic N) is 2.